The zero-order chi connectivity index (χ0) is 16.9. The fraction of sp³-hybridized carbons (Fsp3) is 0.208. The molecule has 0 amide bonds. The highest BCUT2D eigenvalue weighted by molar-refractivity contribution is 5.94. The van der Waals surface area contributed by atoms with Crippen LogP contribution >= 0.6 is 0 Å². The van der Waals surface area contributed by atoms with E-state index in [2.05, 4.69) is 72.8 Å². The number of Topliss-reactive ketones (excluding diaryl/α,β-unsaturated/α-hetero) is 1. The Balaban J connectivity index is 1.64. The van der Waals surface area contributed by atoms with Gasteiger partial charge in [-0.25, -0.2) is 0 Å². The topological polar surface area (TPSA) is 17.1 Å². The van der Waals surface area contributed by atoms with Crippen LogP contribution in [0.5, 0.6) is 0 Å². The van der Waals surface area contributed by atoms with Crippen molar-refractivity contribution in [2.45, 2.75) is 23.7 Å². The van der Waals surface area contributed by atoms with Gasteiger partial charge in [-0.05, 0) is 28.5 Å². The molecule has 0 bridgehead atoms. The third-order valence-corrected chi connectivity index (χ3v) is 6.20. The average molecular weight is 324 g/mol. The summed E-state index contributed by atoms with van der Waals surface area (Å²) in [5.41, 5.74) is 3.83. The number of rotatable bonds is 3. The highest BCUT2D eigenvalue weighted by Gasteiger charge is 2.74. The maximum atomic E-state index is 13.0. The highest BCUT2D eigenvalue weighted by Crippen LogP contribution is 2.76. The summed E-state index contributed by atoms with van der Waals surface area (Å²) >= 11 is 0. The van der Waals surface area contributed by atoms with Gasteiger partial charge in [0.05, 0.1) is 0 Å². The van der Waals surface area contributed by atoms with Gasteiger partial charge in [-0.1, -0.05) is 91.0 Å². The molecular formula is C24H20O. The second-order valence-electron chi connectivity index (χ2n) is 7.35. The van der Waals surface area contributed by atoms with Crippen molar-refractivity contribution in [2.24, 2.45) is 5.92 Å². The summed E-state index contributed by atoms with van der Waals surface area (Å²) in [6, 6.07) is 31.7. The van der Waals surface area contributed by atoms with Crippen molar-refractivity contribution in [1.29, 1.82) is 0 Å². The minimum atomic E-state index is -0.0276. The summed E-state index contributed by atoms with van der Waals surface area (Å²) < 4.78 is 0. The van der Waals surface area contributed by atoms with E-state index in [0.717, 1.165) is 0 Å². The van der Waals surface area contributed by atoms with Crippen molar-refractivity contribution in [1.82, 2.24) is 0 Å². The Labute approximate surface area is 148 Å². The molecule has 2 saturated carbocycles. The molecule has 2 aliphatic rings. The molecule has 2 fully saturated rings. The van der Waals surface area contributed by atoms with Crippen LogP contribution in [0, 0.1) is 5.92 Å². The third-order valence-electron chi connectivity index (χ3n) is 6.20. The molecule has 25 heavy (non-hydrogen) atoms. The highest BCUT2D eigenvalue weighted by atomic mass is 16.1. The van der Waals surface area contributed by atoms with Crippen molar-refractivity contribution in [3.63, 3.8) is 0 Å². The van der Waals surface area contributed by atoms with E-state index in [9.17, 15) is 4.79 Å². The summed E-state index contributed by atoms with van der Waals surface area (Å²) in [5.74, 6) is 1.21. The molecule has 1 nitrogen and oxygen atoms in total. The first kappa shape index (κ1) is 14.7. The summed E-state index contributed by atoms with van der Waals surface area (Å²) in [5, 5.41) is 0. The Hall–Kier alpha value is -2.67. The van der Waals surface area contributed by atoms with Crippen molar-refractivity contribution >= 4 is 5.78 Å². The lowest BCUT2D eigenvalue weighted by Gasteiger charge is -2.16. The van der Waals surface area contributed by atoms with Gasteiger partial charge in [0, 0.05) is 17.8 Å². The van der Waals surface area contributed by atoms with Crippen molar-refractivity contribution in [2.75, 3.05) is 0 Å². The zero-order valence-corrected chi connectivity index (χ0v) is 14.0. The number of benzene rings is 3. The molecular weight excluding hydrogens is 304 g/mol. The van der Waals surface area contributed by atoms with Crippen molar-refractivity contribution in [3.05, 3.63) is 108 Å². The average Bonchev–Trinajstić information content (AvgIpc) is 3.22. The second kappa shape index (κ2) is 5.42. The molecule has 0 aromatic heterocycles. The van der Waals surface area contributed by atoms with E-state index in [1.165, 1.54) is 16.7 Å². The summed E-state index contributed by atoms with van der Waals surface area (Å²) in [6.07, 6.45) is 0.654. The molecule has 0 heterocycles. The maximum absolute atomic E-state index is 13.0. The SMILES string of the molecule is O=C1C[C@@]2(c3ccccc3)C([C@H]1c1ccccc1)[C@H]2c1ccccc1. The molecule has 1 heteroatoms. The van der Waals surface area contributed by atoms with E-state index in [0.29, 0.717) is 24.0 Å². The summed E-state index contributed by atoms with van der Waals surface area (Å²) in [7, 11) is 0. The standard InChI is InChI=1S/C24H20O/c25-20-16-24(19-14-8-3-9-15-19)22(18-12-6-2-7-13-18)23(24)21(20)17-10-4-1-5-11-17/h1-15,21-23H,16H2/t21-,22+,23?,24-/m0/s1. The van der Waals surface area contributed by atoms with Crippen LogP contribution in [0.3, 0.4) is 0 Å². The predicted octanol–water partition coefficient (Wildman–Crippen LogP) is 5.09. The number of hydrogen-bond donors (Lipinski definition) is 0. The molecule has 0 aliphatic heterocycles. The minimum absolute atomic E-state index is 0.0200. The molecule has 122 valence electrons. The number of carbonyl (C=O) groups is 1. The van der Waals surface area contributed by atoms with E-state index < -0.39 is 0 Å². The number of fused-ring (bicyclic) bond motifs is 1. The molecule has 4 atom stereocenters. The van der Waals surface area contributed by atoms with Crippen LogP contribution in [-0.4, -0.2) is 5.78 Å². The lowest BCUT2D eigenvalue weighted by Crippen LogP contribution is -2.14. The van der Waals surface area contributed by atoms with Crippen LogP contribution in [0.1, 0.15) is 34.9 Å². The quantitative estimate of drug-likeness (QED) is 0.655. The smallest absolute Gasteiger partial charge is 0.141 e. The largest absolute Gasteiger partial charge is 0.299 e. The van der Waals surface area contributed by atoms with Crippen LogP contribution < -0.4 is 0 Å². The molecule has 0 radical (unpaired) electrons. The van der Waals surface area contributed by atoms with Gasteiger partial charge in [-0.3, -0.25) is 4.79 Å². The van der Waals surface area contributed by atoms with Gasteiger partial charge in [-0.2, -0.15) is 0 Å². The molecule has 1 unspecified atom stereocenters. The van der Waals surface area contributed by atoms with E-state index in [1.54, 1.807) is 0 Å². The Morgan fingerprint density at radius 3 is 1.80 bits per heavy atom. The Kier molecular flexibility index (Phi) is 3.18. The lowest BCUT2D eigenvalue weighted by molar-refractivity contribution is -0.119. The van der Waals surface area contributed by atoms with E-state index in [4.69, 9.17) is 0 Å². The fourth-order valence-electron chi connectivity index (χ4n) is 5.23. The maximum Gasteiger partial charge on any atom is 0.141 e. The van der Waals surface area contributed by atoms with E-state index >= 15 is 0 Å². The normalized spacial score (nSPS) is 30.1. The van der Waals surface area contributed by atoms with Gasteiger partial charge in [0.1, 0.15) is 5.78 Å². The summed E-state index contributed by atoms with van der Waals surface area (Å²) in [4.78, 5) is 13.0. The van der Waals surface area contributed by atoms with Gasteiger partial charge in [0.2, 0.25) is 0 Å². The van der Waals surface area contributed by atoms with Gasteiger partial charge < -0.3 is 0 Å². The Bertz CT molecular complexity index is 901. The first-order chi connectivity index (χ1) is 12.3. The number of carbonyl (C=O) groups excluding carboxylic acids is 1. The molecule has 0 spiro atoms. The fourth-order valence-corrected chi connectivity index (χ4v) is 5.23. The molecule has 0 N–H and O–H groups in total. The van der Waals surface area contributed by atoms with E-state index in [1.807, 2.05) is 18.2 Å². The monoisotopic (exact) mass is 324 g/mol. The third kappa shape index (κ3) is 2.05. The minimum Gasteiger partial charge on any atom is -0.299 e. The number of ketones is 1. The van der Waals surface area contributed by atoms with Gasteiger partial charge in [0.25, 0.3) is 0 Å². The molecule has 5 rings (SSSR count). The molecule has 3 aromatic carbocycles. The van der Waals surface area contributed by atoms with Crippen LogP contribution in [-0.2, 0) is 10.2 Å². The van der Waals surface area contributed by atoms with Crippen molar-refractivity contribution < 1.29 is 4.79 Å². The number of hydrogen-bond acceptors (Lipinski definition) is 1. The van der Waals surface area contributed by atoms with E-state index in [-0.39, 0.29) is 11.3 Å². The molecule has 3 aromatic rings. The molecule has 2 aliphatic carbocycles. The Morgan fingerprint density at radius 1 is 0.680 bits per heavy atom. The predicted molar refractivity (Wildman–Crippen MR) is 99.6 cm³/mol. The summed E-state index contributed by atoms with van der Waals surface area (Å²) in [6.45, 7) is 0. The molecule has 0 saturated heterocycles. The van der Waals surface area contributed by atoms with Gasteiger partial charge in [-0.15, -0.1) is 0 Å². The van der Waals surface area contributed by atoms with Crippen molar-refractivity contribution in [3.8, 4) is 0 Å². The van der Waals surface area contributed by atoms with Crippen LogP contribution in [0.4, 0.5) is 0 Å². The lowest BCUT2D eigenvalue weighted by atomic mass is 9.86. The van der Waals surface area contributed by atoms with Crippen LogP contribution in [0.2, 0.25) is 0 Å². The van der Waals surface area contributed by atoms with Gasteiger partial charge in [0.15, 0.2) is 0 Å². The zero-order valence-electron chi connectivity index (χ0n) is 14.0. The van der Waals surface area contributed by atoms with Crippen LogP contribution in [0.15, 0.2) is 91.0 Å². The van der Waals surface area contributed by atoms with Crippen LogP contribution in [0.25, 0.3) is 0 Å². The van der Waals surface area contributed by atoms with Gasteiger partial charge >= 0.3 is 0 Å². The first-order valence-electron chi connectivity index (χ1n) is 9.00. The first-order valence-corrected chi connectivity index (χ1v) is 9.00. The Morgan fingerprint density at radius 2 is 1.20 bits per heavy atom. The second-order valence-corrected chi connectivity index (χ2v) is 7.35.